The minimum atomic E-state index is -1.45. The predicted octanol–water partition coefficient (Wildman–Crippen LogP) is 4.14. The van der Waals surface area contributed by atoms with E-state index in [4.69, 9.17) is 23.7 Å². The van der Waals surface area contributed by atoms with Crippen molar-refractivity contribution in [2.24, 2.45) is 0 Å². The predicted molar refractivity (Wildman–Crippen MR) is 143 cm³/mol. The number of esters is 1. The Morgan fingerprint density at radius 3 is 1.85 bits per heavy atom. The van der Waals surface area contributed by atoms with E-state index in [1.165, 1.54) is 27.4 Å². The normalized spacial score (nSPS) is 11.8. The summed E-state index contributed by atoms with van der Waals surface area (Å²) in [5, 5.41) is 9.45. The Hall–Kier alpha value is -4.45. The summed E-state index contributed by atoms with van der Waals surface area (Å²) in [5.41, 5.74) is -0.156. The summed E-state index contributed by atoms with van der Waals surface area (Å²) in [4.78, 5) is 36.9. The van der Waals surface area contributed by atoms with Crippen LogP contribution in [-0.2, 0) is 24.7 Å². The Morgan fingerprint density at radius 2 is 1.38 bits per heavy atom. The van der Waals surface area contributed by atoms with Gasteiger partial charge < -0.3 is 28.5 Å². The van der Waals surface area contributed by atoms with Crippen LogP contribution in [-0.4, -0.2) is 61.7 Å². The van der Waals surface area contributed by atoms with E-state index >= 15 is 0 Å². The molecule has 0 unspecified atom stereocenters. The highest BCUT2D eigenvalue weighted by molar-refractivity contribution is 5.78. The number of rotatable bonds is 17. The molecular weight excluding hydrogens is 522 g/mol. The van der Waals surface area contributed by atoms with E-state index in [9.17, 15) is 14.9 Å². The van der Waals surface area contributed by atoms with Crippen molar-refractivity contribution in [1.29, 1.82) is 0 Å². The van der Waals surface area contributed by atoms with Crippen molar-refractivity contribution in [3.63, 3.8) is 0 Å². The molecule has 0 bridgehead atoms. The highest BCUT2D eigenvalue weighted by Gasteiger charge is 2.50. The van der Waals surface area contributed by atoms with E-state index in [1.807, 2.05) is 60.7 Å². The molecular formula is C28H33N3O9. The number of methoxy groups -OCH3 is 3. The first-order valence-electron chi connectivity index (χ1n) is 12.7. The van der Waals surface area contributed by atoms with Gasteiger partial charge in [-0.1, -0.05) is 67.1 Å². The smallest absolute Gasteiger partial charge is 0.351 e. The molecule has 12 heteroatoms. The van der Waals surface area contributed by atoms with Crippen LogP contribution in [0.5, 0.6) is 17.8 Å². The molecule has 3 aromatic rings. The summed E-state index contributed by atoms with van der Waals surface area (Å²) < 4.78 is 28.5. The molecule has 0 radical (unpaired) electrons. The third kappa shape index (κ3) is 7.79. The molecule has 0 aliphatic rings. The molecule has 40 heavy (non-hydrogen) atoms. The number of aromatic nitrogens is 2. The molecule has 1 heterocycles. The van der Waals surface area contributed by atoms with E-state index in [0.29, 0.717) is 36.8 Å². The fourth-order valence-corrected chi connectivity index (χ4v) is 4.18. The van der Waals surface area contributed by atoms with Gasteiger partial charge in [-0.15, -0.1) is 10.1 Å². The number of benzene rings is 2. The molecule has 3 rings (SSSR count). The van der Waals surface area contributed by atoms with Crippen LogP contribution in [0.15, 0.2) is 66.7 Å². The van der Waals surface area contributed by atoms with Crippen LogP contribution >= 0.6 is 0 Å². The minimum absolute atomic E-state index is 0.0250. The third-order valence-corrected chi connectivity index (χ3v) is 6.09. The number of hydrogen-bond acceptors (Lipinski definition) is 11. The second-order valence-electron chi connectivity index (χ2n) is 8.54. The number of carbonyl (C=O) groups excluding carboxylic acids is 1. The Labute approximate surface area is 232 Å². The van der Waals surface area contributed by atoms with Crippen LogP contribution in [0.2, 0.25) is 0 Å². The summed E-state index contributed by atoms with van der Waals surface area (Å²) >= 11 is 0. The fourth-order valence-electron chi connectivity index (χ4n) is 4.18. The number of unbranched alkanes of at least 4 members (excludes halogenated alkanes) is 3. The number of ether oxygens (including phenoxy) is 5. The summed E-state index contributed by atoms with van der Waals surface area (Å²) in [7, 11) is 4.37. The molecule has 0 N–H and O–H groups in total. The van der Waals surface area contributed by atoms with Gasteiger partial charge in [0.05, 0.1) is 33.5 Å². The van der Waals surface area contributed by atoms with Gasteiger partial charge in [0.25, 0.3) is 5.09 Å². The average Bonchev–Trinajstić information content (AvgIpc) is 2.99. The number of carbonyl (C=O) groups is 1. The van der Waals surface area contributed by atoms with Gasteiger partial charge in [-0.25, -0.2) is 4.79 Å². The summed E-state index contributed by atoms with van der Waals surface area (Å²) in [5.74, 6) is -0.341. The maximum absolute atomic E-state index is 13.8. The topological polar surface area (TPSA) is 141 Å². The molecule has 0 saturated heterocycles. The first-order chi connectivity index (χ1) is 19.4. The van der Waals surface area contributed by atoms with E-state index in [0.717, 1.165) is 0 Å². The first kappa shape index (κ1) is 30.1. The van der Waals surface area contributed by atoms with Gasteiger partial charge in [0.1, 0.15) is 0 Å². The van der Waals surface area contributed by atoms with Crippen molar-refractivity contribution in [3.05, 3.63) is 88.0 Å². The molecule has 2 aromatic carbocycles. The summed E-state index contributed by atoms with van der Waals surface area (Å²) in [6, 6.07) is 19.7. The molecule has 1 aromatic heterocycles. The molecule has 0 amide bonds. The molecule has 1 atom stereocenters. The van der Waals surface area contributed by atoms with E-state index in [1.54, 1.807) is 0 Å². The van der Waals surface area contributed by atoms with Crippen molar-refractivity contribution in [2.75, 3.05) is 34.5 Å². The van der Waals surface area contributed by atoms with Crippen molar-refractivity contribution in [3.8, 4) is 17.8 Å². The minimum Gasteiger partial charge on any atom is -0.481 e. The van der Waals surface area contributed by atoms with Gasteiger partial charge >= 0.3 is 12.0 Å². The number of hydrogen-bond donors (Lipinski definition) is 0. The second-order valence-corrected chi connectivity index (χ2v) is 8.54. The Bertz CT molecular complexity index is 1150. The Morgan fingerprint density at radius 1 is 0.850 bits per heavy atom. The summed E-state index contributed by atoms with van der Waals surface area (Å²) in [6.45, 7) is 0.123. The molecule has 0 aliphatic heterocycles. The van der Waals surface area contributed by atoms with Crippen LogP contribution in [0.3, 0.4) is 0 Å². The van der Waals surface area contributed by atoms with Gasteiger partial charge in [-0.2, -0.15) is 9.97 Å². The summed E-state index contributed by atoms with van der Waals surface area (Å²) in [6.07, 6.45) is 1.04. The molecule has 0 spiro atoms. The zero-order valence-electron chi connectivity index (χ0n) is 22.7. The second kappa shape index (κ2) is 15.2. The average molecular weight is 556 g/mol. The van der Waals surface area contributed by atoms with Crippen LogP contribution in [0.4, 0.5) is 0 Å². The van der Waals surface area contributed by atoms with Gasteiger partial charge in [-0.3, -0.25) is 0 Å². The van der Waals surface area contributed by atoms with Crippen molar-refractivity contribution >= 4 is 5.97 Å². The quantitative estimate of drug-likeness (QED) is 0.103. The van der Waals surface area contributed by atoms with Crippen LogP contribution in [0.25, 0.3) is 0 Å². The van der Waals surface area contributed by atoms with Crippen molar-refractivity contribution < 1.29 is 38.4 Å². The lowest BCUT2D eigenvalue weighted by Crippen LogP contribution is -2.51. The zero-order valence-corrected chi connectivity index (χ0v) is 22.7. The van der Waals surface area contributed by atoms with Gasteiger partial charge in [-0.05, 0) is 30.4 Å². The number of nitrogens with zero attached hydrogens (tertiary/aromatic N) is 3. The fraction of sp³-hybridized carbons (Fsp3) is 0.393. The van der Waals surface area contributed by atoms with Crippen molar-refractivity contribution in [1.82, 2.24) is 9.97 Å². The lowest BCUT2D eigenvalue weighted by Gasteiger charge is -2.38. The Kier molecular flexibility index (Phi) is 11.5. The van der Waals surface area contributed by atoms with Gasteiger partial charge in [0.15, 0.2) is 5.60 Å². The lowest BCUT2D eigenvalue weighted by molar-refractivity contribution is -0.757. The SMILES string of the molecule is COc1cc(OC)nc(O[C@H](C(=O)OCCCCCCO[N+](=O)[O-])C(OC)(c2ccccc2)c2ccccc2)n1. The monoisotopic (exact) mass is 555 g/mol. The standard InChI is InChI=1S/C28H33N3O9/c1-35-23-20-24(36-2)30-27(29-23)40-25(26(32)38-18-12-4-5-13-19-39-31(33)34)28(37-3,21-14-8-6-9-15-21)22-16-10-7-11-17-22/h6-11,14-17,20,25H,4-5,12-13,18-19H2,1-3H3/t25-/m1/s1. The largest absolute Gasteiger partial charge is 0.481 e. The van der Waals surface area contributed by atoms with E-state index in [-0.39, 0.29) is 31.0 Å². The molecule has 214 valence electrons. The lowest BCUT2D eigenvalue weighted by atomic mass is 9.81. The zero-order chi connectivity index (χ0) is 28.8. The van der Waals surface area contributed by atoms with Crippen LogP contribution < -0.4 is 14.2 Å². The maximum atomic E-state index is 13.8. The van der Waals surface area contributed by atoms with Crippen LogP contribution in [0.1, 0.15) is 36.8 Å². The van der Waals surface area contributed by atoms with Crippen LogP contribution in [0, 0.1) is 10.1 Å². The Balaban J connectivity index is 1.93. The van der Waals surface area contributed by atoms with Crippen molar-refractivity contribution in [2.45, 2.75) is 37.4 Å². The highest BCUT2D eigenvalue weighted by atomic mass is 16.9. The molecule has 0 saturated carbocycles. The highest BCUT2D eigenvalue weighted by Crippen LogP contribution is 2.39. The first-order valence-corrected chi connectivity index (χ1v) is 12.7. The molecule has 12 nitrogen and oxygen atoms in total. The molecule has 0 aliphatic carbocycles. The van der Waals surface area contributed by atoms with Gasteiger partial charge in [0, 0.05) is 7.11 Å². The molecule has 0 fully saturated rings. The third-order valence-electron chi connectivity index (χ3n) is 6.09. The maximum Gasteiger partial charge on any atom is 0.351 e. The van der Waals surface area contributed by atoms with E-state index in [2.05, 4.69) is 14.8 Å². The van der Waals surface area contributed by atoms with Gasteiger partial charge in [0.2, 0.25) is 17.9 Å². The van der Waals surface area contributed by atoms with E-state index < -0.39 is 22.8 Å².